The lowest BCUT2D eigenvalue weighted by molar-refractivity contribution is 0.0951. The Morgan fingerprint density at radius 2 is 1.40 bits per heavy atom. The molecule has 5 rings (SSSR count). The Hall–Kier alpha value is -3.51. The second-order valence-corrected chi connectivity index (χ2v) is 9.53. The summed E-state index contributed by atoms with van der Waals surface area (Å²) in [6.45, 7) is 0.466. The minimum Gasteiger partial charge on any atom is -0.348 e. The van der Waals surface area contributed by atoms with E-state index in [0.717, 1.165) is 38.5 Å². The number of hydrogen-bond donors (Lipinski definition) is 1. The molecule has 0 aliphatic carbocycles. The van der Waals surface area contributed by atoms with Gasteiger partial charge in [0, 0.05) is 41.0 Å². The minimum atomic E-state index is -0.106. The third kappa shape index (κ3) is 5.43. The van der Waals surface area contributed by atoms with Crippen molar-refractivity contribution < 1.29 is 4.79 Å². The van der Waals surface area contributed by atoms with Gasteiger partial charge < -0.3 is 5.32 Å². The zero-order valence-corrected chi connectivity index (χ0v) is 20.7. The molecular weight excluding hydrogens is 497 g/mol. The van der Waals surface area contributed by atoms with E-state index in [9.17, 15) is 4.79 Å². The first-order chi connectivity index (χ1) is 17.1. The molecule has 0 bridgehead atoms. The molecular formula is C28H19Cl2N3OS. The molecule has 7 heteroatoms. The molecule has 0 aliphatic rings. The van der Waals surface area contributed by atoms with Crippen molar-refractivity contribution in [3.63, 3.8) is 0 Å². The van der Waals surface area contributed by atoms with Gasteiger partial charge in [0.15, 0.2) is 0 Å². The number of nitrogens with one attached hydrogen (secondary N) is 1. The number of rotatable bonds is 6. The van der Waals surface area contributed by atoms with E-state index in [-0.39, 0.29) is 5.91 Å². The van der Waals surface area contributed by atoms with E-state index in [1.54, 1.807) is 29.8 Å². The fourth-order valence-electron chi connectivity index (χ4n) is 3.60. The Morgan fingerprint density at radius 1 is 0.771 bits per heavy atom. The molecule has 0 radical (unpaired) electrons. The average Bonchev–Trinajstić information content (AvgIpc) is 3.40. The molecule has 5 aromatic rings. The standard InChI is InChI=1S/C28H19Cl2N3OS/c29-24-10-9-23(15-25(24)30)26-17-35-28(33-26)22-7-3-20(4-8-22)19-1-5-21(6-2-19)27(34)32-16-18-11-13-31-14-12-18/h1-15,17H,16H2,(H,32,34). The van der Waals surface area contributed by atoms with E-state index in [4.69, 9.17) is 28.2 Å². The molecule has 172 valence electrons. The minimum absolute atomic E-state index is 0.106. The molecule has 0 atom stereocenters. The summed E-state index contributed by atoms with van der Waals surface area (Å²) in [5, 5.41) is 6.92. The summed E-state index contributed by atoms with van der Waals surface area (Å²) in [7, 11) is 0. The van der Waals surface area contributed by atoms with Gasteiger partial charge in [-0.2, -0.15) is 0 Å². The van der Waals surface area contributed by atoms with Crippen LogP contribution < -0.4 is 5.32 Å². The molecule has 4 nitrogen and oxygen atoms in total. The summed E-state index contributed by atoms with van der Waals surface area (Å²) < 4.78 is 0. The summed E-state index contributed by atoms with van der Waals surface area (Å²) in [4.78, 5) is 21.2. The van der Waals surface area contributed by atoms with Crippen LogP contribution in [0.1, 0.15) is 15.9 Å². The SMILES string of the molecule is O=C(NCc1ccncc1)c1ccc(-c2ccc(-c3nc(-c4ccc(Cl)c(Cl)c4)cs3)cc2)cc1. The quantitative estimate of drug-likeness (QED) is 0.251. The Morgan fingerprint density at radius 3 is 2.09 bits per heavy atom. The van der Waals surface area contributed by atoms with Crippen LogP contribution in [0.4, 0.5) is 0 Å². The van der Waals surface area contributed by atoms with Crippen LogP contribution in [-0.2, 0) is 6.54 Å². The number of pyridine rings is 1. The van der Waals surface area contributed by atoms with Gasteiger partial charge in [0.1, 0.15) is 5.01 Å². The van der Waals surface area contributed by atoms with Crippen molar-refractivity contribution in [1.29, 1.82) is 0 Å². The predicted molar refractivity (Wildman–Crippen MR) is 144 cm³/mol. The highest BCUT2D eigenvalue weighted by Crippen LogP contribution is 2.33. The lowest BCUT2D eigenvalue weighted by Gasteiger charge is -2.07. The molecule has 0 aliphatic heterocycles. The smallest absolute Gasteiger partial charge is 0.251 e. The maximum absolute atomic E-state index is 12.5. The van der Waals surface area contributed by atoms with E-state index >= 15 is 0 Å². The first kappa shape index (κ1) is 23.2. The van der Waals surface area contributed by atoms with Gasteiger partial charge in [-0.05, 0) is 53.1 Å². The van der Waals surface area contributed by atoms with Gasteiger partial charge in [-0.15, -0.1) is 11.3 Å². The highest BCUT2D eigenvalue weighted by molar-refractivity contribution is 7.13. The Kier molecular flexibility index (Phi) is 6.91. The molecule has 1 amide bonds. The van der Waals surface area contributed by atoms with Crippen molar-refractivity contribution >= 4 is 40.4 Å². The number of halogens is 2. The Balaban J connectivity index is 1.26. The van der Waals surface area contributed by atoms with Crippen LogP contribution in [0.2, 0.25) is 10.0 Å². The fourth-order valence-corrected chi connectivity index (χ4v) is 4.73. The number of amides is 1. The maximum atomic E-state index is 12.5. The molecule has 3 aromatic carbocycles. The van der Waals surface area contributed by atoms with Gasteiger partial charge in [-0.3, -0.25) is 9.78 Å². The van der Waals surface area contributed by atoms with Crippen molar-refractivity contribution in [1.82, 2.24) is 15.3 Å². The van der Waals surface area contributed by atoms with Crippen LogP contribution in [0.25, 0.3) is 33.0 Å². The van der Waals surface area contributed by atoms with E-state index in [1.165, 1.54) is 0 Å². The van der Waals surface area contributed by atoms with E-state index in [0.29, 0.717) is 22.2 Å². The molecule has 0 spiro atoms. The molecule has 2 aromatic heterocycles. The van der Waals surface area contributed by atoms with E-state index < -0.39 is 0 Å². The maximum Gasteiger partial charge on any atom is 0.251 e. The number of aromatic nitrogens is 2. The topological polar surface area (TPSA) is 54.9 Å². The monoisotopic (exact) mass is 515 g/mol. The fraction of sp³-hybridized carbons (Fsp3) is 0.0357. The van der Waals surface area contributed by atoms with Crippen molar-refractivity contribution in [3.05, 3.63) is 118 Å². The number of hydrogen-bond acceptors (Lipinski definition) is 4. The summed E-state index contributed by atoms with van der Waals surface area (Å²) in [5.41, 5.74) is 6.58. The lowest BCUT2D eigenvalue weighted by atomic mass is 10.0. The van der Waals surface area contributed by atoms with Crippen LogP contribution in [0.5, 0.6) is 0 Å². The van der Waals surface area contributed by atoms with Crippen molar-refractivity contribution in [2.45, 2.75) is 6.54 Å². The normalized spacial score (nSPS) is 10.8. The molecule has 0 unspecified atom stereocenters. The first-order valence-electron chi connectivity index (χ1n) is 10.9. The molecule has 1 N–H and O–H groups in total. The van der Waals surface area contributed by atoms with E-state index in [1.807, 2.05) is 53.9 Å². The van der Waals surface area contributed by atoms with Crippen LogP contribution in [0, 0.1) is 0 Å². The van der Waals surface area contributed by atoms with Gasteiger partial charge in [0.25, 0.3) is 5.91 Å². The molecule has 2 heterocycles. The van der Waals surface area contributed by atoms with Crippen LogP contribution in [0.3, 0.4) is 0 Å². The third-order valence-electron chi connectivity index (χ3n) is 5.53. The van der Waals surface area contributed by atoms with Gasteiger partial charge >= 0.3 is 0 Å². The Labute approximate surface area is 217 Å². The highest BCUT2D eigenvalue weighted by Gasteiger charge is 2.10. The van der Waals surface area contributed by atoms with Crippen LogP contribution >= 0.6 is 34.5 Å². The van der Waals surface area contributed by atoms with Crippen LogP contribution in [0.15, 0.2) is 96.6 Å². The highest BCUT2D eigenvalue weighted by atomic mass is 35.5. The summed E-state index contributed by atoms with van der Waals surface area (Å²) in [6, 6.07) is 25.1. The van der Waals surface area contributed by atoms with Crippen LogP contribution in [-0.4, -0.2) is 15.9 Å². The lowest BCUT2D eigenvalue weighted by Crippen LogP contribution is -2.22. The van der Waals surface area contributed by atoms with Gasteiger partial charge in [-0.25, -0.2) is 4.98 Å². The van der Waals surface area contributed by atoms with Crippen molar-refractivity contribution in [3.8, 4) is 33.0 Å². The summed E-state index contributed by atoms with van der Waals surface area (Å²) in [6.07, 6.45) is 3.43. The number of carbonyl (C=O) groups is 1. The number of benzene rings is 3. The van der Waals surface area contributed by atoms with Gasteiger partial charge in [0.05, 0.1) is 15.7 Å². The average molecular weight is 516 g/mol. The zero-order chi connectivity index (χ0) is 24.2. The number of thiazole rings is 1. The summed E-state index contributed by atoms with van der Waals surface area (Å²) in [5.74, 6) is -0.106. The first-order valence-corrected chi connectivity index (χ1v) is 12.5. The third-order valence-corrected chi connectivity index (χ3v) is 7.16. The molecule has 35 heavy (non-hydrogen) atoms. The van der Waals surface area contributed by atoms with E-state index in [2.05, 4.69) is 34.6 Å². The second kappa shape index (κ2) is 10.4. The second-order valence-electron chi connectivity index (χ2n) is 7.86. The van der Waals surface area contributed by atoms with Gasteiger partial charge in [-0.1, -0.05) is 65.7 Å². The van der Waals surface area contributed by atoms with Gasteiger partial charge in [0.2, 0.25) is 0 Å². The molecule has 0 fully saturated rings. The number of nitrogens with zero attached hydrogens (tertiary/aromatic N) is 2. The molecule has 0 saturated heterocycles. The molecule has 0 saturated carbocycles. The van der Waals surface area contributed by atoms with Crippen molar-refractivity contribution in [2.75, 3.05) is 0 Å². The zero-order valence-electron chi connectivity index (χ0n) is 18.4. The predicted octanol–water partition coefficient (Wildman–Crippen LogP) is 7.78. The summed E-state index contributed by atoms with van der Waals surface area (Å²) >= 11 is 13.8. The van der Waals surface area contributed by atoms with Crippen molar-refractivity contribution in [2.24, 2.45) is 0 Å². The largest absolute Gasteiger partial charge is 0.348 e. The Bertz CT molecular complexity index is 1470. The number of carbonyl (C=O) groups excluding carboxylic acids is 1.